The third kappa shape index (κ3) is 3.01. The van der Waals surface area contributed by atoms with Gasteiger partial charge in [0, 0.05) is 5.56 Å². The number of rotatable bonds is 2. The summed E-state index contributed by atoms with van der Waals surface area (Å²) in [6, 6.07) is 4.39. The first-order valence-corrected chi connectivity index (χ1v) is 4.62. The monoisotopic (exact) mass is 238 g/mol. The molecule has 0 bridgehead atoms. The largest absolute Gasteiger partial charge is 0.481 e. The molecule has 0 aromatic heterocycles. The molecular formula is C11H7ClO4. The van der Waals surface area contributed by atoms with Gasteiger partial charge in [0.1, 0.15) is 6.42 Å². The van der Waals surface area contributed by atoms with E-state index >= 15 is 0 Å². The van der Waals surface area contributed by atoms with Crippen molar-refractivity contribution in [2.75, 3.05) is 0 Å². The second kappa shape index (κ2) is 5.19. The maximum Gasteiger partial charge on any atom is 0.337 e. The summed E-state index contributed by atoms with van der Waals surface area (Å²) in [6.45, 7) is 0. The molecule has 5 heteroatoms. The second-order valence-corrected chi connectivity index (χ2v) is 3.22. The van der Waals surface area contributed by atoms with E-state index in [0.717, 1.165) is 0 Å². The summed E-state index contributed by atoms with van der Waals surface area (Å²) in [6.07, 6.45) is -0.312. The van der Waals surface area contributed by atoms with E-state index in [0.29, 0.717) is 5.56 Å². The van der Waals surface area contributed by atoms with Crippen molar-refractivity contribution in [3.63, 3.8) is 0 Å². The van der Waals surface area contributed by atoms with E-state index in [1.165, 1.54) is 18.2 Å². The summed E-state index contributed by atoms with van der Waals surface area (Å²) < 4.78 is 0. The Bertz CT molecular complexity index is 496. The number of halogens is 1. The quantitative estimate of drug-likeness (QED) is 0.772. The molecule has 0 radical (unpaired) electrons. The molecule has 0 amide bonds. The molecule has 0 atom stereocenters. The molecule has 82 valence electrons. The van der Waals surface area contributed by atoms with Crippen molar-refractivity contribution >= 4 is 23.5 Å². The van der Waals surface area contributed by atoms with Gasteiger partial charge >= 0.3 is 11.9 Å². The van der Waals surface area contributed by atoms with Crippen LogP contribution in [0.3, 0.4) is 0 Å². The smallest absolute Gasteiger partial charge is 0.337 e. The van der Waals surface area contributed by atoms with Gasteiger partial charge in [-0.2, -0.15) is 0 Å². The van der Waals surface area contributed by atoms with Crippen LogP contribution in [0.15, 0.2) is 18.2 Å². The average molecular weight is 239 g/mol. The van der Waals surface area contributed by atoms with Crippen LogP contribution in [0.4, 0.5) is 0 Å². The minimum absolute atomic E-state index is 0.0212. The first-order chi connectivity index (χ1) is 7.52. The Balaban J connectivity index is 3.05. The molecule has 4 nitrogen and oxygen atoms in total. The van der Waals surface area contributed by atoms with Crippen LogP contribution in [0.2, 0.25) is 5.02 Å². The summed E-state index contributed by atoms with van der Waals surface area (Å²) in [5, 5.41) is 17.2. The zero-order valence-corrected chi connectivity index (χ0v) is 8.78. The Morgan fingerprint density at radius 2 is 2.00 bits per heavy atom. The molecule has 1 aromatic rings. The van der Waals surface area contributed by atoms with E-state index in [-0.39, 0.29) is 17.0 Å². The predicted octanol–water partition coefficient (Wildman–Crippen LogP) is 1.86. The third-order valence-electron chi connectivity index (χ3n) is 1.69. The van der Waals surface area contributed by atoms with Crippen LogP contribution < -0.4 is 0 Å². The van der Waals surface area contributed by atoms with E-state index in [2.05, 4.69) is 11.8 Å². The number of hydrogen-bond donors (Lipinski definition) is 2. The van der Waals surface area contributed by atoms with Gasteiger partial charge in [-0.15, -0.1) is 0 Å². The van der Waals surface area contributed by atoms with Gasteiger partial charge in [-0.05, 0) is 12.1 Å². The number of aromatic carboxylic acids is 1. The van der Waals surface area contributed by atoms with Crippen LogP contribution in [0, 0.1) is 11.8 Å². The minimum atomic E-state index is -1.15. The molecule has 0 heterocycles. The van der Waals surface area contributed by atoms with E-state index in [4.69, 9.17) is 21.8 Å². The average Bonchev–Trinajstić information content (AvgIpc) is 2.19. The van der Waals surface area contributed by atoms with E-state index in [9.17, 15) is 9.59 Å². The first-order valence-electron chi connectivity index (χ1n) is 4.25. The van der Waals surface area contributed by atoms with Crippen molar-refractivity contribution in [3.05, 3.63) is 34.3 Å². The topological polar surface area (TPSA) is 74.6 Å². The Kier molecular flexibility index (Phi) is 3.92. The predicted molar refractivity (Wildman–Crippen MR) is 57.5 cm³/mol. The standard InChI is InChI=1S/C11H7ClO4/c12-10-7(4-2-6-9(13)14)3-1-5-8(10)11(15)16/h1,3,5H,6H2,(H,13,14)(H,15,16). The summed E-state index contributed by atoms with van der Waals surface area (Å²) in [5.74, 6) is 2.70. The van der Waals surface area contributed by atoms with E-state index in [1.807, 2.05) is 0 Å². The Morgan fingerprint density at radius 3 is 2.56 bits per heavy atom. The SMILES string of the molecule is O=C(O)CC#Cc1cccc(C(=O)O)c1Cl. The fraction of sp³-hybridized carbons (Fsp3) is 0.0909. The molecule has 2 N–H and O–H groups in total. The normalized spacial score (nSPS) is 9.06. The molecular weight excluding hydrogens is 232 g/mol. The van der Waals surface area contributed by atoms with Gasteiger partial charge in [0.25, 0.3) is 0 Å². The van der Waals surface area contributed by atoms with Crippen molar-refractivity contribution in [2.24, 2.45) is 0 Å². The third-order valence-corrected chi connectivity index (χ3v) is 2.10. The molecule has 1 rings (SSSR count). The summed E-state index contributed by atoms with van der Waals surface area (Å²) in [7, 11) is 0. The first kappa shape index (κ1) is 12.1. The van der Waals surface area contributed by atoms with Crippen LogP contribution in [-0.4, -0.2) is 22.2 Å². The Hall–Kier alpha value is -1.99. The number of carboxylic acids is 2. The van der Waals surface area contributed by atoms with Gasteiger partial charge in [0.05, 0.1) is 10.6 Å². The van der Waals surface area contributed by atoms with Gasteiger partial charge in [-0.25, -0.2) is 4.79 Å². The number of benzene rings is 1. The van der Waals surface area contributed by atoms with Crippen molar-refractivity contribution in [3.8, 4) is 11.8 Å². The minimum Gasteiger partial charge on any atom is -0.481 e. The number of aliphatic carboxylic acids is 1. The molecule has 1 aromatic carbocycles. The molecule has 16 heavy (non-hydrogen) atoms. The zero-order chi connectivity index (χ0) is 12.1. The lowest BCUT2D eigenvalue weighted by molar-refractivity contribution is -0.135. The molecule has 0 fully saturated rings. The van der Waals surface area contributed by atoms with Crippen molar-refractivity contribution < 1.29 is 19.8 Å². The summed E-state index contributed by atoms with van der Waals surface area (Å²) in [5.41, 5.74) is 0.256. The van der Waals surface area contributed by atoms with Crippen LogP contribution >= 0.6 is 11.6 Å². The number of carboxylic acid groups (broad SMARTS) is 2. The van der Waals surface area contributed by atoms with Crippen LogP contribution in [0.1, 0.15) is 22.3 Å². The molecule has 0 spiro atoms. The van der Waals surface area contributed by atoms with Gasteiger partial charge in [-0.1, -0.05) is 29.5 Å². The highest BCUT2D eigenvalue weighted by molar-refractivity contribution is 6.34. The lowest BCUT2D eigenvalue weighted by Gasteiger charge is -1.99. The van der Waals surface area contributed by atoms with Gasteiger partial charge < -0.3 is 10.2 Å². The fourth-order valence-corrected chi connectivity index (χ4v) is 1.26. The molecule has 0 saturated heterocycles. The number of carbonyl (C=O) groups is 2. The highest BCUT2D eigenvalue weighted by atomic mass is 35.5. The molecule has 0 aliphatic rings. The summed E-state index contributed by atoms with van der Waals surface area (Å²) >= 11 is 5.79. The number of hydrogen-bond acceptors (Lipinski definition) is 2. The second-order valence-electron chi connectivity index (χ2n) is 2.84. The molecule has 0 unspecified atom stereocenters. The fourth-order valence-electron chi connectivity index (χ4n) is 1.01. The van der Waals surface area contributed by atoms with Crippen molar-refractivity contribution in [2.45, 2.75) is 6.42 Å². The lowest BCUT2D eigenvalue weighted by atomic mass is 10.1. The zero-order valence-electron chi connectivity index (χ0n) is 8.03. The Labute approximate surface area is 96.5 Å². The van der Waals surface area contributed by atoms with E-state index < -0.39 is 11.9 Å². The maximum atomic E-state index is 10.7. The van der Waals surface area contributed by atoms with Crippen LogP contribution in [-0.2, 0) is 4.79 Å². The van der Waals surface area contributed by atoms with Gasteiger partial charge in [0.2, 0.25) is 0 Å². The summed E-state index contributed by atoms with van der Waals surface area (Å²) in [4.78, 5) is 20.9. The van der Waals surface area contributed by atoms with Crippen molar-refractivity contribution in [1.29, 1.82) is 0 Å². The molecule has 0 saturated carbocycles. The van der Waals surface area contributed by atoms with Gasteiger partial charge in [-0.3, -0.25) is 4.79 Å². The molecule has 0 aliphatic heterocycles. The van der Waals surface area contributed by atoms with E-state index in [1.54, 1.807) is 0 Å². The van der Waals surface area contributed by atoms with Gasteiger partial charge in [0.15, 0.2) is 0 Å². The lowest BCUT2D eigenvalue weighted by Crippen LogP contribution is -1.98. The molecule has 0 aliphatic carbocycles. The van der Waals surface area contributed by atoms with Crippen LogP contribution in [0.5, 0.6) is 0 Å². The highest BCUT2D eigenvalue weighted by Gasteiger charge is 2.10. The Morgan fingerprint density at radius 1 is 1.31 bits per heavy atom. The highest BCUT2D eigenvalue weighted by Crippen LogP contribution is 2.20. The maximum absolute atomic E-state index is 10.7. The van der Waals surface area contributed by atoms with Crippen LogP contribution in [0.25, 0.3) is 0 Å². The van der Waals surface area contributed by atoms with Crippen molar-refractivity contribution in [1.82, 2.24) is 0 Å².